The zero-order chi connectivity index (χ0) is 21.2. The molecule has 10 atom stereocenters. The SMILES string of the molecule is CO[C@@H]1C(C(=O)O)O[C@@H](O[C@H]2C(NC(C)=O)[C@H](C)OC(CO)[C@H]2O)C(O)[C@@H]1O. The standard InChI is InChI=1S/C16H27NO11/c1-5-8(17-6(2)19)12(9(20)7(4-18)26-5)27-16-11(22)10(21)13(25-3)14(28-16)15(23)24/h5,7-14,16,18,20-22H,4H2,1-3H3,(H,17,19)(H,23,24)/t5-,7?,8?,9+,10-,11?,12-,13-,14?,16+/m0/s1. The van der Waals surface area contributed by atoms with E-state index in [1.165, 1.54) is 6.92 Å². The Morgan fingerprint density at radius 3 is 2.21 bits per heavy atom. The lowest BCUT2D eigenvalue weighted by Gasteiger charge is -2.47. The van der Waals surface area contributed by atoms with Crippen molar-refractivity contribution in [1.82, 2.24) is 5.32 Å². The van der Waals surface area contributed by atoms with Crippen LogP contribution < -0.4 is 5.32 Å². The molecule has 0 aliphatic carbocycles. The highest BCUT2D eigenvalue weighted by Gasteiger charge is 2.52. The van der Waals surface area contributed by atoms with Crippen molar-refractivity contribution in [3.8, 4) is 0 Å². The van der Waals surface area contributed by atoms with Crippen LogP contribution in [0.3, 0.4) is 0 Å². The molecule has 2 aliphatic heterocycles. The molecule has 2 aliphatic rings. The summed E-state index contributed by atoms with van der Waals surface area (Å²) in [4.78, 5) is 23.0. The van der Waals surface area contributed by atoms with E-state index in [-0.39, 0.29) is 0 Å². The van der Waals surface area contributed by atoms with E-state index in [4.69, 9.17) is 18.9 Å². The number of carbonyl (C=O) groups excluding carboxylic acids is 1. The van der Waals surface area contributed by atoms with Gasteiger partial charge in [0.2, 0.25) is 5.91 Å². The summed E-state index contributed by atoms with van der Waals surface area (Å²) >= 11 is 0. The number of nitrogens with one attached hydrogen (secondary N) is 1. The minimum Gasteiger partial charge on any atom is -0.479 e. The van der Waals surface area contributed by atoms with Crippen LogP contribution in [0, 0.1) is 0 Å². The zero-order valence-corrected chi connectivity index (χ0v) is 15.7. The molecule has 0 aromatic heterocycles. The molecular weight excluding hydrogens is 382 g/mol. The Bertz CT molecular complexity index is 561. The number of methoxy groups -OCH3 is 1. The van der Waals surface area contributed by atoms with Gasteiger partial charge in [-0.05, 0) is 6.92 Å². The summed E-state index contributed by atoms with van der Waals surface area (Å²) in [5.74, 6) is -1.89. The van der Waals surface area contributed by atoms with Crippen molar-refractivity contribution < 1.29 is 54.1 Å². The largest absolute Gasteiger partial charge is 0.479 e. The van der Waals surface area contributed by atoms with Gasteiger partial charge in [0, 0.05) is 14.0 Å². The van der Waals surface area contributed by atoms with Crippen molar-refractivity contribution in [1.29, 1.82) is 0 Å². The summed E-state index contributed by atoms with van der Waals surface area (Å²) in [6, 6.07) is -0.897. The molecule has 2 heterocycles. The Hall–Kier alpha value is -1.38. The summed E-state index contributed by atoms with van der Waals surface area (Å²) in [7, 11) is 1.16. The summed E-state index contributed by atoms with van der Waals surface area (Å²) in [5, 5.41) is 52.2. The summed E-state index contributed by atoms with van der Waals surface area (Å²) < 4.78 is 21.2. The van der Waals surface area contributed by atoms with E-state index in [1.54, 1.807) is 6.92 Å². The maximum atomic E-state index is 11.5. The van der Waals surface area contributed by atoms with E-state index in [0.717, 1.165) is 7.11 Å². The molecule has 2 saturated heterocycles. The minimum absolute atomic E-state index is 0.447. The lowest BCUT2D eigenvalue weighted by atomic mass is 9.92. The summed E-state index contributed by atoms with van der Waals surface area (Å²) in [6.07, 6.45) is -12.4. The highest BCUT2D eigenvalue weighted by molar-refractivity contribution is 5.73. The molecule has 6 N–H and O–H groups in total. The molecule has 28 heavy (non-hydrogen) atoms. The second-order valence-electron chi connectivity index (χ2n) is 6.82. The first-order valence-corrected chi connectivity index (χ1v) is 8.76. The van der Waals surface area contributed by atoms with Crippen molar-refractivity contribution in [2.75, 3.05) is 13.7 Å². The van der Waals surface area contributed by atoms with Crippen LogP contribution in [0.15, 0.2) is 0 Å². The fourth-order valence-electron chi connectivity index (χ4n) is 3.45. The number of rotatable bonds is 6. The van der Waals surface area contributed by atoms with E-state index in [2.05, 4.69) is 5.32 Å². The number of aliphatic carboxylic acids is 1. The van der Waals surface area contributed by atoms with Gasteiger partial charge in [-0.1, -0.05) is 0 Å². The predicted molar refractivity (Wildman–Crippen MR) is 89.0 cm³/mol. The molecule has 12 nitrogen and oxygen atoms in total. The van der Waals surface area contributed by atoms with Gasteiger partial charge in [-0.3, -0.25) is 4.79 Å². The number of aliphatic hydroxyl groups excluding tert-OH is 4. The monoisotopic (exact) mass is 409 g/mol. The van der Waals surface area contributed by atoms with Gasteiger partial charge in [-0.15, -0.1) is 0 Å². The van der Waals surface area contributed by atoms with Gasteiger partial charge in [0.05, 0.1) is 18.8 Å². The normalized spacial score (nSPS) is 44.1. The van der Waals surface area contributed by atoms with E-state index >= 15 is 0 Å². The molecule has 4 unspecified atom stereocenters. The van der Waals surface area contributed by atoms with E-state index in [0.29, 0.717) is 0 Å². The van der Waals surface area contributed by atoms with Gasteiger partial charge in [-0.2, -0.15) is 0 Å². The number of aliphatic hydroxyl groups is 4. The van der Waals surface area contributed by atoms with Crippen LogP contribution in [-0.4, -0.2) is 112 Å². The number of amides is 1. The molecule has 1 amide bonds. The summed E-state index contributed by atoms with van der Waals surface area (Å²) in [6.45, 7) is 2.28. The molecule has 12 heteroatoms. The first kappa shape index (κ1) is 22.9. The molecule has 2 rings (SSSR count). The highest BCUT2D eigenvalue weighted by Crippen LogP contribution is 2.30. The molecule has 0 spiro atoms. The zero-order valence-electron chi connectivity index (χ0n) is 15.7. The third kappa shape index (κ3) is 4.60. The topological polar surface area (TPSA) is 184 Å². The lowest BCUT2D eigenvalue weighted by Crippen LogP contribution is -2.67. The molecule has 2 fully saturated rings. The van der Waals surface area contributed by atoms with Gasteiger partial charge in [0.1, 0.15) is 36.6 Å². The number of ether oxygens (including phenoxy) is 4. The van der Waals surface area contributed by atoms with Gasteiger partial charge >= 0.3 is 5.97 Å². The third-order valence-corrected chi connectivity index (χ3v) is 4.87. The van der Waals surface area contributed by atoms with Crippen molar-refractivity contribution in [2.24, 2.45) is 0 Å². The second-order valence-corrected chi connectivity index (χ2v) is 6.82. The van der Waals surface area contributed by atoms with Gasteiger partial charge in [0.25, 0.3) is 0 Å². The van der Waals surface area contributed by atoms with Crippen LogP contribution in [0.25, 0.3) is 0 Å². The fourth-order valence-corrected chi connectivity index (χ4v) is 3.45. The number of carbonyl (C=O) groups is 2. The molecule has 0 aromatic rings. The Labute approximate surface area is 160 Å². The number of hydrogen-bond acceptors (Lipinski definition) is 10. The fraction of sp³-hybridized carbons (Fsp3) is 0.875. The second kappa shape index (κ2) is 9.41. The molecule has 162 valence electrons. The molecule has 0 radical (unpaired) electrons. The summed E-state index contributed by atoms with van der Waals surface area (Å²) in [5.41, 5.74) is 0. The Kier molecular flexibility index (Phi) is 7.70. The van der Waals surface area contributed by atoms with Crippen LogP contribution in [0.5, 0.6) is 0 Å². The predicted octanol–water partition coefficient (Wildman–Crippen LogP) is -3.44. The molecule has 0 aromatic carbocycles. The highest BCUT2D eigenvalue weighted by atomic mass is 16.7. The van der Waals surface area contributed by atoms with Crippen molar-refractivity contribution in [2.45, 2.75) is 75.0 Å². The maximum absolute atomic E-state index is 11.5. The molecular formula is C16H27NO11. The van der Waals surface area contributed by atoms with Gasteiger partial charge in [0.15, 0.2) is 12.4 Å². The average molecular weight is 409 g/mol. The Morgan fingerprint density at radius 1 is 1.07 bits per heavy atom. The Balaban J connectivity index is 2.26. The first-order chi connectivity index (χ1) is 13.1. The van der Waals surface area contributed by atoms with Crippen LogP contribution in [0.1, 0.15) is 13.8 Å². The van der Waals surface area contributed by atoms with E-state index in [9.17, 15) is 35.1 Å². The smallest absolute Gasteiger partial charge is 0.335 e. The average Bonchev–Trinajstić information content (AvgIpc) is 2.63. The molecule has 0 saturated carbocycles. The van der Waals surface area contributed by atoms with E-state index < -0.39 is 79.6 Å². The van der Waals surface area contributed by atoms with Crippen LogP contribution in [0.2, 0.25) is 0 Å². The number of carboxylic acid groups (broad SMARTS) is 1. The maximum Gasteiger partial charge on any atom is 0.335 e. The van der Waals surface area contributed by atoms with Crippen LogP contribution in [0.4, 0.5) is 0 Å². The number of carboxylic acids is 1. The van der Waals surface area contributed by atoms with Crippen LogP contribution in [-0.2, 0) is 28.5 Å². The quantitative estimate of drug-likeness (QED) is 0.256. The van der Waals surface area contributed by atoms with Crippen molar-refractivity contribution in [3.05, 3.63) is 0 Å². The molecule has 0 bridgehead atoms. The third-order valence-electron chi connectivity index (χ3n) is 4.87. The minimum atomic E-state index is -1.70. The van der Waals surface area contributed by atoms with Gasteiger partial charge in [-0.25, -0.2) is 4.79 Å². The van der Waals surface area contributed by atoms with Crippen molar-refractivity contribution >= 4 is 11.9 Å². The first-order valence-electron chi connectivity index (χ1n) is 8.76. The van der Waals surface area contributed by atoms with Gasteiger partial charge < -0.3 is 49.8 Å². The van der Waals surface area contributed by atoms with Crippen molar-refractivity contribution in [3.63, 3.8) is 0 Å². The lowest BCUT2D eigenvalue weighted by molar-refractivity contribution is -0.327. The van der Waals surface area contributed by atoms with Crippen LogP contribution >= 0.6 is 0 Å². The Morgan fingerprint density at radius 2 is 1.71 bits per heavy atom. The number of hydrogen-bond donors (Lipinski definition) is 6. The van der Waals surface area contributed by atoms with E-state index in [1.807, 2.05) is 0 Å².